The molecule has 3 rings (SSSR count). The molecule has 1 saturated heterocycles. The van der Waals surface area contributed by atoms with Crippen molar-refractivity contribution in [1.29, 1.82) is 0 Å². The predicted octanol–water partition coefficient (Wildman–Crippen LogP) is 1.04. The maximum Gasteiger partial charge on any atom is 0.290 e. The molecule has 0 saturated carbocycles. The fourth-order valence-electron chi connectivity index (χ4n) is 2.04. The van der Waals surface area contributed by atoms with E-state index in [1.807, 2.05) is 6.07 Å². The maximum absolute atomic E-state index is 11.9. The van der Waals surface area contributed by atoms with Crippen LogP contribution in [0.15, 0.2) is 41.6 Å². The lowest BCUT2D eigenvalue weighted by atomic mass is 10.2. The lowest BCUT2D eigenvalue weighted by Gasteiger charge is -2.07. The average molecular weight is 370 g/mol. The minimum absolute atomic E-state index is 0.164. The summed E-state index contributed by atoms with van der Waals surface area (Å²) < 4.78 is 0. The van der Waals surface area contributed by atoms with Crippen LogP contribution < -0.4 is 16.0 Å². The lowest BCUT2D eigenvalue weighted by molar-refractivity contribution is -0.115. The summed E-state index contributed by atoms with van der Waals surface area (Å²) in [7, 11) is 0. The molecule has 0 radical (unpaired) electrons. The standard InChI is InChI=1S/C16H14N6O3S/c23-13(10-4-2-1-3-5-10)17-6-7-18-15-20-9-19-12(21-15)8-11-14(24)22-16(25)26-11/h1-5,8-9H,6-7H2,(H,17,23)(H,22,24,25)(H,18,19,20,21)/b11-8-. The largest absolute Gasteiger partial charge is 0.352 e. The average Bonchev–Trinajstić information content (AvgIpc) is 2.96. The molecule has 26 heavy (non-hydrogen) atoms. The fourth-order valence-corrected chi connectivity index (χ4v) is 2.70. The molecule has 1 aromatic carbocycles. The number of aromatic nitrogens is 3. The Balaban J connectivity index is 1.51. The monoisotopic (exact) mass is 370 g/mol. The molecule has 1 aromatic heterocycles. The van der Waals surface area contributed by atoms with E-state index in [4.69, 9.17) is 0 Å². The van der Waals surface area contributed by atoms with Gasteiger partial charge in [0.1, 0.15) is 6.33 Å². The van der Waals surface area contributed by atoms with Crippen molar-refractivity contribution in [3.63, 3.8) is 0 Å². The Bertz CT molecular complexity index is 871. The van der Waals surface area contributed by atoms with Gasteiger partial charge in [0.15, 0.2) is 5.82 Å². The number of hydrogen-bond acceptors (Lipinski definition) is 8. The zero-order valence-corrected chi connectivity index (χ0v) is 14.2. The number of nitrogens with zero attached hydrogens (tertiary/aromatic N) is 3. The molecule has 2 aromatic rings. The van der Waals surface area contributed by atoms with Gasteiger partial charge in [0.25, 0.3) is 17.1 Å². The van der Waals surface area contributed by atoms with Gasteiger partial charge in [-0.25, -0.2) is 9.97 Å². The summed E-state index contributed by atoms with van der Waals surface area (Å²) in [4.78, 5) is 46.9. The number of nitrogens with one attached hydrogen (secondary N) is 3. The van der Waals surface area contributed by atoms with Crippen molar-refractivity contribution in [3.05, 3.63) is 53.0 Å². The third-order valence-electron chi connectivity index (χ3n) is 3.22. The Morgan fingerprint density at radius 3 is 2.69 bits per heavy atom. The van der Waals surface area contributed by atoms with Gasteiger partial charge in [0.05, 0.1) is 4.91 Å². The summed E-state index contributed by atoms with van der Waals surface area (Å²) >= 11 is 0.790. The molecule has 9 nitrogen and oxygen atoms in total. The van der Waals surface area contributed by atoms with Crippen molar-refractivity contribution in [2.75, 3.05) is 18.4 Å². The molecule has 1 aliphatic rings. The summed E-state index contributed by atoms with van der Waals surface area (Å²) in [6, 6.07) is 8.90. The zero-order chi connectivity index (χ0) is 18.4. The molecular weight excluding hydrogens is 356 g/mol. The molecule has 2 heterocycles. The highest BCUT2D eigenvalue weighted by molar-refractivity contribution is 8.18. The van der Waals surface area contributed by atoms with Crippen molar-refractivity contribution in [3.8, 4) is 0 Å². The highest BCUT2D eigenvalue weighted by atomic mass is 32.2. The van der Waals surface area contributed by atoms with Crippen LogP contribution in [-0.2, 0) is 4.79 Å². The van der Waals surface area contributed by atoms with Crippen LogP contribution >= 0.6 is 11.8 Å². The molecule has 3 N–H and O–H groups in total. The smallest absolute Gasteiger partial charge is 0.290 e. The maximum atomic E-state index is 11.9. The molecule has 132 valence electrons. The van der Waals surface area contributed by atoms with E-state index in [0.29, 0.717) is 24.6 Å². The second kappa shape index (κ2) is 8.21. The third kappa shape index (κ3) is 4.63. The molecule has 1 aliphatic heterocycles. The van der Waals surface area contributed by atoms with Crippen molar-refractivity contribution >= 4 is 40.8 Å². The molecule has 0 bridgehead atoms. The van der Waals surface area contributed by atoms with Crippen LogP contribution in [0.3, 0.4) is 0 Å². The molecule has 0 atom stereocenters. The van der Waals surface area contributed by atoms with Gasteiger partial charge in [-0.05, 0) is 23.9 Å². The van der Waals surface area contributed by atoms with E-state index in [0.717, 1.165) is 11.8 Å². The van der Waals surface area contributed by atoms with Crippen LogP contribution in [0, 0.1) is 0 Å². The Morgan fingerprint density at radius 2 is 1.96 bits per heavy atom. The van der Waals surface area contributed by atoms with Gasteiger partial charge >= 0.3 is 0 Å². The van der Waals surface area contributed by atoms with Crippen LogP contribution in [0.25, 0.3) is 6.08 Å². The first kappa shape index (κ1) is 17.5. The zero-order valence-electron chi connectivity index (χ0n) is 13.4. The minimum atomic E-state index is -0.474. The van der Waals surface area contributed by atoms with E-state index in [1.165, 1.54) is 12.4 Å². The fraction of sp³-hybridized carbons (Fsp3) is 0.125. The van der Waals surface area contributed by atoms with Gasteiger partial charge in [0.2, 0.25) is 5.95 Å². The van der Waals surface area contributed by atoms with Crippen molar-refractivity contribution < 1.29 is 14.4 Å². The summed E-state index contributed by atoms with van der Waals surface area (Å²) in [5.41, 5.74) is 0.587. The van der Waals surface area contributed by atoms with Gasteiger partial charge in [-0.2, -0.15) is 4.98 Å². The number of thioether (sulfide) groups is 1. The van der Waals surface area contributed by atoms with Crippen LogP contribution in [0.2, 0.25) is 0 Å². The SMILES string of the molecule is O=C1NC(=O)/C(=C/c2ncnc(NCCNC(=O)c3ccccc3)n2)S1. The van der Waals surface area contributed by atoms with Gasteiger partial charge in [0, 0.05) is 24.7 Å². The number of rotatable bonds is 6. The van der Waals surface area contributed by atoms with E-state index in [2.05, 4.69) is 30.9 Å². The number of carbonyl (C=O) groups is 3. The number of hydrogen-bond donors (Lipinski definition) is 3. The number of amides is 3. The molecule has 10 heteroatoms. The lowest BCUT2D eigenvalue weighted by Crippen LogP contribution is -2.29. The highest BCUT2D eigenvalue weighted by Gasteiger charge is 2.25. The summed E-state index contributed by atoms with van der Waals surface area (Å²) in [6.45, 7) is 0.787. The summed E-state index contributed by atoms with van der Waals surface area (Å²) in [5, 5.41) is 7.46. The highest BCUT2D eigenvalue weighted by Crippen LogP contribution is 2.24. The Kier molecular flexibility index (Phi) is 5.54. The number of anilines is 1. The van der Waals surface area contributed by atoms with Gasteiger partial charge in [-0.15, -0.1) is 0 Å². The number of carbonyl (C=O) groups excluding carboxylic acids is 3. The quantitative estimate of drug-likeness (QED) is 0.509. The van der Waals surface area contributed by atoms with E-state index in [1.54, 1.807) is 24.3 Å². The second-order valence-corrected chi connectivity index (χ2v) is 6.08. The van der Waals surface area contributed by atoms with E-state index in [9.17, 15) is 14.4 Å². The second-order valence-electron chi connectivity index (χ2n) is 5.07. The molecule has 0 spiro atoms. The van der Waals surface area contributed by atoms with Crippen molar-refractivity contribution in [2.45, 2.75) is 0 Å². The van der Waals surface area contributed by atoms with E-state index >= 15 is 0 Å². The Hall–Kier alpha value is -3.27. The Morgan fingerprint density at radius 1 is 1.15 bits per heavy atom. The number of benzene rings is 1. The normalized spacial score (nSPS) is 15.0. The first-order valence-corrected chi connectivity index (χ1v) is 8.44. The topological polar surface area (TPSA) is 126 Å². The molecule has 0 aliphatic carbocycles. The minimum Gasteiger partial charge on any atom is -0.352 e. The predicted molar refractivity (Wildman–Crippen MR) is 96.2 cm³/mol. The van der Waals surface area contributed by atoms with Crippen LogP contribution in [0.5, 0.6) is 0 Å². The van der Waals surface area contributed by atoms with Crippen molar-refractivity contribution in [2.24, 2.45) is 0 Å². The Labute approximate surface area is 152 Å². The van der Waals surface area contributed by atoms with Crippen LogP contribution in [0.4, 0.5) is 10.7 Å². The van der Waals surface area contributed by atoms with E-state index in [-0.39, 0.29) is 16.6 Å². The van der Waals surface area contributed by atoms with Gasteiger partial charge in [-0.1, -0.05) is 18.2 Å². The van der Waals surface area contributed by atoms with E-state index < -0.39 is 11.1 Å². The summed E-state index contributed by atoms with van der Waals surface area (Å²) in [5.74, 6) is -0.0836. The van der Waals surface area contributed by atoms with Crippen LogP contribution in [0.1, 0.15) is 16.2 Å². The van der Waals surface area contributed by atoms with Gasteiger partial charge in [-0.3, -0.25) is 19.7 Å². The first-order valence-electron chi connectivity index (χ1n) is 7.63. The van der Waals surface area contributed by atoms with Gasteiger partial charge < -0.3 is 10.6 Å². The number of imide groups is 1. The molecule has 3 amide bonds. The third-order valence-corrected chi connectivity index (χ3v) is 4.03. The van der Waals surface area contributed by atoms with Crippen molar-refractivity contribution in [1.82, 2.24) is 25.6 Å². The first-order chi connectivity index (χ1) is 12.6. The molecule has 1 fully saturated rings. The summed E-state index contributed by atoms with van der Waals surface area (Å²) in [6.07, 6.45) is 2.71. The molecular formula is C16H14N6O3S. The molecule has 0 unspecified atom stereocenters. The van der Waals surface area contributed by atoms with Crippen LogP contribution in [-0.4, -0.2) is 45.1 Å².